The largest absolute Gasteiger partial charge is 0.493 e. The zero-order valence-electron chi connectivity index (χ0n) is 11.0. The molecule has 1 aromatic rings. The van der Waals surface area contributed by atoms with Crippen LogP contribution in [-0.4, -0.2) is 43.9 Å². The number of nitriles is 1. The summed E-state index contributed by atoms with van der Waals surface area (Å²) in [5, 5.41) is 8.88. The Morgan fingerprint density at radius 1 is 1.37 bits per heavy atom. The Morgan fingerprint density at radius 2 is 2.32 bits per heavy atom. The Bertz CT molecular complexity index is 495. The van der Waals surface area contributed by atoms with Crippen LogP contribution in [-0.2, 0) is 17.6 Å². The van der Waals surface area contributed by atoms with Crippen molar-refractivity contribution in [1.82, 2.24) is 4.90 Å². The number of rotatable bonds is 3. The predicted octanol–water partition coefficient (Wildman–Crippen LogP) is 1.39. The van der Waals surface area contributed by atoms with Gasteiger partial charge in [-0.2, -0.15) is 5.26 Å². The lowest BCUT2D eigenvalue weighted by atomic mass is 10.1. The molecule has 0 saturated carbocycles. The van der Waals surface area contributed by atoms with E-state index in [2.05, 4.69) is 29.2 Å². The van der Waals surface area contributed by atoms with Crippen LogP contribution >= 0.6 is 0 Å². The number of fused-ring (bicyclic) bond motifs is 1. The van der Waals surface area contributed by atoms with Crippen molar-refractivity contribution in [3.63, 3.8) is 0 Å². The van der Waals surface area contributed by atoms with Gasteiger partial charge in [0.05, 0.1) is 19.3 Å². The number of hydrogen-bond donors (Lipinski definition) is 0. The first kappa shape index (κ1) is 12.5. The SMILES string of the molecule is N#CC1CN(CCc2ccc3c(c2)CCO3)CCO1. The molecule has 3 rings (SSSR count). The molecule has 1 aromatic carbocycles. The lowest BCUT2D eigenvalue weighted by molar-refractivity contribution is 0.00105. The molecule has 0 N–H and O–H groups in total. The number of benzene rings is 1. The third kappa shape index (κ3) is 2.89. The van der Waals surface area contributed by atoms with Crippen LogP contribution in [0.3, 0.4) is 0 Å². The van der Waals surface area contributed by atoms with E-state index in [1.165, 1.54) is 11.1 Å². The number of morpholine rings is 1. The summed E-state index contributed by atoms with van der Waals surface area (Å²) in [7, 11) is 0. The van der Waals surface area contributed by atoms with E-state index in [9.17, 15) is 0 Å². The maximum absolute atomic E-state index is 8.88. The van der Waals surface area contributed by atoms with Gasteiger partial charge in [0.2, 0.25) is 0 Å². The lowest BCUT2D eigenvalue weighted by Gasteiger charge is -2.29. The van der Waals surface area contributed by atoms with Crippen LogP contribution in [0.25, 0.3) is 0 Å². The minimum absolute atomic E-state index is 0.262. The Hall–Kier alpha value is -1.57. The molecule has 4 heteroatoms. The molecule has 2 aliphatic rings. The van der Waals surface area contributed by atoms with E-state index in [1.54, 1.807) is 0 Å². The van der Waals surface area contributed by atoms with Gasteiger partial charge in [-0.15, -0.1) is 0 Å². The van der Waals surface area contributed by atoms with Gasteiger partial charge < -0.3 is 9.47 Å². The molecule has 2 aliphatic heterocycles. The van der Waals surface area contributed by atoms with Gasteiger partial charge in [-0.3, -0.25) is 4.90 Å². The van der Waals surface area contributed by atoms with Crippen molar-refractivity contribution >= 4 is 0 Å². The maximum Gasteiger partial charge on any atom is 0.156 e. The Kier molecular flexibility index (Phi) is 3.67. The minimum Gasteiger partial charge on any atom is -0.493 e. The topological polar surface area (TPSA) is 45.5 Å². The van der Waals surface area contributed by atoms with Crippen LogP contribution in [0, 0.1) is 11.3 Å². The quantitative estimate of drug-likeness (QED) is 0.822. The second-order valence-electron chi connectivity index (χ2n) is 5.08. The van der Waals surface area contributed by atoms with Crippen molar-refractivity contribution < 1.29 is 9.47 Å². The van der Waals surface area contributed by atoms with Gasteiger partial charge in [0, 0.05) is 26.1 Å². The second-order valence-corrected chi connectivity index (χ2v) is 5.08. The van der Waals surface area contributed by atoms with E-state index in [4.69, 9.17) is 14.7 Å². The fourth-order valence-electron chi connectivity index (χ4n) is 2.67. The number of ether oxygens (including phenoxy) is 2. The van der Waals surface area contributed by atoms with E-state index >= 15 is 0 Å². The van der Waals surface area contributed by atoms with E-state index in [0.29, 0.717) is 6.61 Å². The molecule has 0 radical (unpaired) electrons. The van der Waals surface area contributed by atoms with Gasteiger partial charge in [0.25, 0.3) is 0 Å². The predicted molar refractivity (Wildman–Crippen MR) is 71.1 cm³/mol. The highest BCUT2D eigenvalue weighted by Gasteiger charge is 2.19. The van der Waals surface area contributed by atoms with Gasteiger partial charge in [-0.05, 0) is 23.6 Å². The van der Waals surface area contributed by atoms with E-state index < -0.39 is 0 Å². The number of nitrogens with zero attached hydrogens (tertiary/aromatic N) is 2. The van der Waals surface area contributed by atoms with Crippen molar-refractivity contribution in [2.75, 3.05) is 32.8 Å². The monoisotopic (exact) mass is 258 g/mol. The van der Waals surface area contributed by atoms with E-state index in [-0.39, 0.29) is 6.10 Å². The molecule has 0 aliphatic carbocycles. The van der Waals surface area contributed by atoms with Crippen molar-refractivity contribution in [3.8, 4) is 11.8 Å². The Morgan fingerprint density at radius 3 is 3.21 bits per heavy atom. The normalized spacial score (nSPS) is 22.6. The van der Waals surface area contributed by atoms with Crippen LogP contribution in [0.2, 0.25) is 0 Å². The minimum atomic E-state index is -0.262. The van der Waals surface area contributed by atoms with Crippen molar-refractivity contribution in [2.24, 2.45) is 0 Å². The molecule has 100 valence electrons. The lowest BCUT2D eigenvalue weighted by Crippen LogP contribution is -2.42. The highest BCUT2D eigenvalue weighted by molar-refractivity contribution is 5.39. The van der Waals surface area contributed by atoms with Crippen LogP contribution in [0.15, 0.2) is 18.2 Å². The molecule has 1 unspecified atom stereocenters. The molecule has 1 saturated heterocycles. The molecule has 1 atom stereocenters. The first-order valence-electron chi connectivity index (χ1n) is 6.83. The van der Waals surface area contributed by atoms with E-state index in [0.717, 1.165) is 44.8 Å². The summed E-state index contributed by atoms with van der Waals surface area (Å²) in [6.45, 7) is 4.11. The molecule has 1 fully saturated rings. The average molecular weight is 258 g/mol. The maximum atomic E-state index is 8.88. The molecular formula is C15H18N2O2. The average Bonchev–Trinajstić information content (AvgIpc) is 2.93. The van der Waals surface area contributed by atoms with Gasteiger partial charge in [-0.25, -0.2) is 0 Å². The Labute approximate surface area is 113 Å². The summed E-state index contributed by atoms with van der Waals surface area (Å²) in [4.78, 5) is 2.31. The fourth-order valence-corrected chi connectivity index (χ4v) is 2.67. The first-order valence-corrected chi connectivity index (χ1v) is 6.83. The van der Waals surface area contributed by atoms with Crippen LogP contribution < -0.4 is 4.74 Å². The summed E-state index contributed by atoms with van der Waals surface area (Å²) < 4.78 is 10.9. The zero-order valence-corrected chi connectivity index (χ0v) is 11.0. The van der Waals surface area contributed by atoms with Gasteiger partial charge in [-0.1, -0.05) is 12.1 Å². The van der Waals surface area contributed by atoms with Crippen molar-refractivity contribution in [3.05, 3.63) is 29.3 Å². The molecule has 0 spiro atoms. The summed E-state index contributed by atoms with van der Waals surface area (Å²) >= 11 is 0. The van der Waals surface area contributed by atoms with Gasteiger partial charge in [0.1, 0.15) is 5.75 Å². The smallest absolute Gasteiger partial charge is 0.156 e. The van der Waals surface area contributed by atoms with Crippen LogP contribution in [0.1, 0.15) is 11.1 Å². The first-order chi connectivity index (χ1) is 9.35. The van der Waals surface area contributed by atoms with E-state index in [1.807, 2.05) is 0 Å². The number of hydrogen-bond acceptors (Lipinski definition) is 4. The second kappa shape index (κ2) is 5.60. The van der Waals surface area contributed by atoms with Crippen LogP contribution in [0.5, 0.6) is 5.75 Å². The third-order valence-electron chi connectivity index (χ3n) is 3.77. The van der Waals surface area contributed by atoms with Crippen molar-refractivity contribution in [2.45, 2.75) is 18.9 Å². The summed E-state index contributed by atoms with van der Waals surface area (Å²) in [6, 6.07) is 8.66. The molecule has 0 aromatic heterocycles. The Balaban J connectivity index is 1.56. The fraction of sp³-hybridized carbons (Fsp3) is 0.533. The molecule has 4 nitrogen and oxygen atoms in total. The summed E-state index contributed by atoms with van der Waals surface area (Å²) in [5.74, 6) is 1.04. The summed E-state index contributed by atoms with van der Waals surface area (Å²) in [5.41, 5.74) is 2.68. The van der Waals surface area contributed by atoms with Gasteiger partial charge in [0.15, 0.2) is 6.10 Å². The highest BCUT2D eigenvalue weighted by atomic mass is 16.5. The van der Waals surface area contributed by atoms with Crippen molar-refractivity contribution in [1.29, 1.82) is 5.26 Å². The van der Waals surface area contributed by atoms with Gasteiger partial charge >= 0.3 is 0 Å². The molecule has 2 heterocycles. The zero-order chi connectivity index (χ0) is 13.1. The molecule has 19 heavy (non-hydrogen) atoms. The van der Waals surface area contributed by atoms with Crippen LogP contribution in [0.4, 0.5) is 0 Å². The molecule has 0 bridgehead atoms. The molecular weight excluding hydrogens is 240 g/mol. The highest BCUT2D eigenvalue weighted by Crippen LogP contribution is 2.26. The summed E-state index contributed by atoms with van der Waals surface area (Å²) in [6.07, 6.45) is 1.78. The molecule has 0 amide bonds. The standard InChI is InChI=1S/C15H18N2O2/c16-10-14-11-17(6-8-18-14)5-3-12-1-2-15-13(9-12)4-7-19-15/h1-2,9,14H,3-8,11H2. The third-order valence-corrected chi connectivity index (χ3v) is 3.77.